The molecule has 3 amide bonds. The van der Waals surface area contributed by atoms with E-state index in [-0.39, 0.29) is 43.6 Å². The number of aliphatic carboxylic acids is 1. The topological polar surface area (TPSA) is 212 Å². The molecule has 1 aliphatic rings. The molecule has 0 saturated carbocycles. The highest BCUT2D eigenvalue weighted by molar-refractivity contribution is 5.93. The average Bonchev–Trinajstić information content (AvgIpc) is 3.15. The molecule has 1 aliphatic heterocycles. The van der Waals surface area contributed by atoms with Crippen molar-refractivity contribution in [3.63, 3.8) is 0 Å². The lowest BCUT2D eigenvalue weighted by molar-refractivity contribution is -0.149. The van der Waals surface area contributed by atoms with E-state index in [0.29, 0.717) is 19.4 Å². The van der Waals surface area contributed by atoms with E-state index >= 15 is 0 Å². The molecule has 1 aromatic rings. The number of hydrogen-bond acceptors (Lipinski definition) is 10. The number of phenols is 1. The summed E-state index contributed by atoms with van der Waals surface area (Å²) in [7, 11) is 0. The summed E-state index contributed by atoms with van der Waals surface area (Å²) < 4.78 is 19.1. The number of Topliss-reactive ketones (excluding diaryl/α,β-unsaturated/α-hetero) is 1. The monoisotopic (exact) mass is 812 g/mol. The summed E-state index contributed by atoms with van der Waals surface area (Å²) in [6, 6.07) is -0.373. The van der Waals surface area contributed by atoms with Gasteiger partial charge in [-0.15, -0.1) is 0 Å². The zero-order valence-electron chi connectivity index (χ0n) is 34.4. The second kappa shape index (κ2) is 25.3. The number of carbonyl (C=O) groups excluding carboxylic acids is 5. The molecule has 0 bridgehead atoms. The molecule has 1 fully saturated rings. The van der Waals surface area contributed by atoms with Crippen molar-refractivity contribution in [2.45, 2.75) is 117 Å². The van der Waals surface area contributed by atoms with Crippen LogP contribution in [-0.2, 0) is 39.9 Å². The highest BCUT2D eigenvalue weighted by Crippen LogP contribution is 2.23. The van der Waals surface area contributed by atoms with Crippen molar-refractivity contribution >= 4 is 35.4 Å². The maximum absolute atomic E-state index is 14.2. The molecule has 0 aliphatic carbocycles. The molecular weight excluding hydrogens is 751 g/mol. The number of ether oxygens (including phenoxy) is 1. The largest absolute Gasteiger partial charge is 0.508 e. The van der Waals surface area contributed by atoms with Gasteiger partial charge in [0.1, 0.15) is 35.5 Å². The second-order valence-corrected chi connectivity index (χ2v) is 15.0. The Morgan fingerprint density at radius 2 is 1.71 bits per heavy atom. The van der Waals surface area contributed by atoms with Crippen molar-refractivity contribution in [1.82, 2.24) is 21.1 Å². The summed E-state index contributed by atoms with van der Waals surface area (Å²) in [5, 5.41) is 37.4. The number of aliphatic hydroxyl groups excluding tert-OH is 1. The van der Waals surface area contributed by atoms with Crippen LogP contribution >= 0.6 is 0 Å². The number of carboxylic acid groups (broad SMARTS) is 1. The molecule has 2 rings (SSSR count). The Kier molecular flexibility index (Phi) is 21.3. The number of allylic oxidation sites excluding steroid dienone is 7. The third-order valence-electron chi connectivity index (χ3n) is 9.63. The third kappa shape index (κ3) is 17.6. The Hall–Kier alpha value is -5.15. The van der Waals surface area contributed by atoms with E-state index in [1.54, 1.807) is 33.8 Å². The molecule has 1 aromatic carbocycles. The van der Waals surface area contributed by atoms with E-state index in [1.807, 2.05) is 37.3 Å². The number of phenolic OH excluding ortho intramolecular Hbond substituents is 1. The fourth-order valence-corrected chi connectivity index (χ4v) is 6.33. The van der Waals surface area contributed by atoms with Crippen molar-refractivity contribution in [3.05, 3.63) is 77.7 Å². The minimum absolute atomic E-state index is 0.0166. The fourth-order valence-electron chi connectivity index (χ4n) is 6.33. The maximum Gasteiger partial charge on any atom is 0.330 e. The Bertz CT molecular complexity index is 1670. The van der Waals surface area contributed by atoms with Crippen molar-refractivity contribution in [2.75, 3.05) is 13.2 Å². The van der Waals surface area contributed by atoms with Gasteiger partial charge in [0.05, 0.1) is 18.6 Å². The second-order valence-electron chi connectivity index (χ2n) is 15.0. The lowest BCUT2D eigenvalue weighted by atomic mass is 9.85. The molecule has 1 heterocycles. The van der Waals surface area contributed by atoms with Gasteiger partial charge in [-0.2, -0.15) is 0 Å². The van der Waals surface area contributed by atoms with Gasteiger partial charge in [0.15, 0.2) is 0 Å². The van der Waals surface area contributed by atoms with E-state index < -0.39 is 83.2 Å². The quantitative estimate of drug-likeness (QED) is 0.0511. The van der Waals surface area contributed by atoms with E-state index in [2.05, 4.69) is 16.1 Å². The van der Waals surface area contributed by atoms with Crippen LogP contribution in [0.1, 0.15) is 92.1 Å². The van der Waals surface area contributed by atoms with Crippen LogP contribution in [0.5, 0.6) is 5.75 Å². The van der Waals surface area contributed by atoms with Gasteiger partial charge in [0.25, 0.3) is 5.91 Å². The van der Waals surface area contributed by atoms with Gasteiger partial charge in [-0.3, -0.25) is 24.2 Å². The van der Waals surface area contributed by atoms with Gasteiger partial charge in [0.2, 0.25) is 11.8 Å². The van der Waals surface area contributed by atoms with Crippen molar-refractivity contribution in [1.29, 1.82) is 0 Å². The molecule has 6 N–H and O–H groups in total. The number of esters is 1. The normalized spacial score (nSPS) is 17.6. The molecule has 15 heteroatoms. The first-order valence-corrected chi connectivity index (χ1v) is 19.8. The van der Waals surface area contributed by atoms with Crippen LogP contribution in [0, 0.1) is 23.6 Å². The van der Waals surface area contributed by atoms with Gasteiger partial charge in [0, 0.05) is 31.5 Å². The molecule has 0 spiro atoms. The number of ketones is 1. The number of carboxylic acids is 1. The number of nitrogens with zero attached hydrogens (tertiary/aromatic N) is 1. The van der Waals surface area contributed by atoms with E-state index in [9.17, 15) is 48.5 Å². The number of hydrazine groups is 1. The molecule has 6 atom stereocenters. The zero-order chi connectivity index (χ0) is 43.4. The van der Waals surface area contributed by atoms with Crippen molar-refractivity contribution < 1.29 is 53.2 Å². The van der Waals surface area contributed by atoms with E-state index in [4.69, 9.17) is 4.74 Å². The van der Waals surface area contributed by atoms with Crippen molar-refractivity contribution in [2.24, 2.45) is 17.8 Å². The van der Waals surface area contributed by atoms with Crippen LogP contribution in [0.25, 0.3) is 0 Å². The van der Waals surface area contributed by atoms with Gasteiger partial charge in [-0.05, 0) is 88.8 Å². The number of halogens is 1. The predicted octanol–water partition coefficient (Wildman–Crippen LogP) is 4.61. The molecule has 0 aromatic heterocycles. The van der Waals surface area contributed by atoms with Crippen LogP contribution in [0.15, 0.2) is 66.3 Å². The summed E-state index contributed by atoms with van der Waals surface area (Å²) in [4.78, 5) is 76.6. The Morgan fingerprint density at radius 1 is 1.00 bits per heavy atom. The number of carbonyl (C=O) groups is 6. The first kappa shape index (κ1) is 49.0. The number of benzene rings is 1. The van der Waals surface area contributed by atoms with Crippen LogP contribution in [0.3, 0.4) is 0 Å². The minimum atomic E-state index is -1.35. The molecule has 0 radical (unpaired) electrons. The van der Waals surface area contributed by atoms with Crippen LogP contribution in [-0.4, -0.2) is 93.2 Å². The first-order chi connectivity index (χ1) is 27.4. The molecule has 1 saturated heterocycles. The molecule has 14 nitrogen and oxygen atoms in total. The number of aliphatic hydroxyl groups is 1. The number of hydrogen-bond donors (Lipinski definition) is 6. The summed E-state index contributed by atoms with van der Waals surface area (Å²) in [6.07, 6.45) is 13.7. The maximum atomic E-state index is 14.2. The van der Waals surface area contributed by atoms with Gasteiger partial charge < -0.3 is 35.5 Å². The Morgan fingerprint density at radius 3 is 2.34 bits per heavy atom. The molecular formula is C43H61FN4O10. The van der Waals surface area contributed by atoms with Crippen LogP contribution in [0.2, 0.25) is 0 Å². The Balaban J connectivity index is 2.17. The summed E-state index contributed by atoms with van der Waals surface area (Å²) in [5.41, 5.74) is 3.93. The minimum Gasteiger partial charge on any atom is -0.508 e. The zero-order valence-corrected chi connectivity index (χ0v) is 34.4. The molecule has 320 valence electrons. The highest BCUT2D eigenvalue weighted by Gasteiger charge is 2.37. The van der Waals surface area contributed by atoms with Crippen LogP contribution in [0.4, 0.5) is 4.39 Å². The van der Waals surface area contributed by atoms with Gasteiger partial charge in [-0.25, -0.2) is 14.6 Å². The van der Waals surface area contributed by atoms with E-state index in [1.165, 1.54) is 19.1 Å². The number of aromatic hydroxyl groups is 1. The molecule has 2 unspecified atom stereocenters. The van der Waals surface area contributed by atoms with Crippen molar-refractivity contribution in [3.8, 4) is 5.75 Å². The highest BCUT2D eigenvalue weighted by atomic mass is 19.1. The number of rotatable bonds is 23. The first-order valence-electron chi connectivity index (χ1n) is 19.8. The standard InChI is InChI=1S/C43H61FN4O10/c1-7-58-37(51)19-13-16-28(4)15-11-9-8-10-12-17-29(5)39(52)34(21-20-30(6)49)40(53)46-38(27(2)3)41(54)45-36(25-31-23-32(44)26-33(50)24-31)42(55)48-22-14-18-35(47-48)43(56)57/h8-10,12-13,16,19,23-24,26-27,29,34-36,38-39,47,50,52H,7,11,14-15,17-18,20-22,25H2,1-6H3,(H,45,54)(H,46,53)(H,56,57)/b9-8+,12-10+,19-13+,28-16+/t29-,34+,35?,36?,38-,39+/m0/s1. The average molecular weight is 813 g/mol. The van der Waals surface area contributed by atoms with Gasteiger partial charge >= 0.3 is 11.9 Å². The number of nitrogens with one attached hydrogen (secondary N) is 3. The summed E-state index contributed by atoms with van der Waals surface area (Å²) in [5.74, 6) is -6.97. The number of amides is 3. The molecule has 58 heavy (non-hydrogen) atoms. The van der Waals surface area contributed by atoms with Gasteiger partial charge in [-0.1, -0.05) is 62.8 Å². The fraction of sp³-hybridized carbons (Fsp3) is 0.535. The Labute approximate surface area is 340 Å². The lowest BCUT2D eigenvalue weighted by Crippen LogP contribution is -2.62. The summed E-state index contributed by atoms with van der Waals surface area (Å²) in [6.45, 7) is 10.7. The smallest absolute Gasteiger partial charge is 0.330 e. The third-order valence-corrected chi connectivity index (χ3v) is 9.63. The SMILES string of the molecule is CCOC(=O)/C=C/C=C(\C)CC/C=C/C=C/C[C@H](C)[C@@H](O)[C@@H](CCC(C)=O)C(=O)N[C@H](C(=O)NC(Cc1cc(O)cc(F)c1)C(=O)N1CCCC(C(=O)O)N1)C(C)C. The lowest BCUT2D eigenvalue weighted by Gasteiger charge is -2.35. The summed E-state index contributed by atoms with van der Waals surface area (Å²) >= 11 is 0. The van der Waals surface area contributed by atoms with Crippen LogP contribution < -0.4 is 16.1 Å². The van der Waals surface area contributed by atoms with E-state index in [0.717, 1.165) is 35.6 Å². The predicted molar refractivity (Wildman–Crippen MR) is 216 cm³/mol.